The Morgan fingerprint density at radius 2 is 1.93 bits per heavy atom. The van der Waals surface area contributed by atoms with Gasteiger partial charge in [0.25, 0.3) is 11.8 Å². The quantitative estimate of drug-likeness (QED) is 0.784. The number of morpholine rings is 1. The molecule has 0 spiro atoms. The lowest BCUT2D eigenvalue weighted by atomic mass is 10.1. The van der Waals surface area contributed by atoms with Gasteiger partial charge in [0.2, 0.25) is 0 Å². The highest BCUT2D eigenvalue weighted by atomic mass is 19.1. The number of ether oxygens (including phenoxy) is 2. The van der Waals surface area contributed by atoms with Crippen LogP contribution in [0.2, 0.25) is 0 Å². The number of rotatable bonds is 5. The molecular formula is C20H22F2N4O4. The zero-order valence-electron chi connectivity index (χ0n) is 16.3. The molecule has 3 heterocycles. The molecule has 10 heteroatoms. The summed E-state index contributed by atoms with van der Waals surface area (Å²) < 4.78 is 39.3. The summed E-state index contributed by atoms with van der Waals surface area (Å²) in [5, 5.41) is 7.11. The minimum atomic E-state index is -0.917. The van der Waals surface area contributed by atoms with E-state index in [2.05, 4.69) is 10.4 Å². The van der Waals surface area contributed by atoms with Crippen LogP contribution in [-0.4, -0.2) is 65.9 Å². The molecular weight excluding hydrogens is 398 g/mol. The largest absolute Gasteiger partial charge is 0.378 e. The standard InChI is InChI=1S/C20H22F2N4O4/c21-13-1-2-14(16(22)11-13)19(27)23-4-5-26-17-3-8-30-12-15(17)18(24-26)20(28)25-6-9-29-10-7-25/h1-2,11H,3-10,12H2,(H,23,27). The van der Waals surface area contributed by atoms with Crippen molar-refractivity contribution in [1.82, 2.24) is 20.0 Å². The van der Waals surface area contributed by atoms with Gasteiger partial charge < -0.3 is 19.7 Å². The minimum absolute atomic E-state index is 0.156. The van der Waals surface area contributed by atoms with Crippen LogP contribution >= 0.6 is 0 Å². The van der Waals surface area contributed by atoms with E-state index in [-0.39, 0.29) is 18.0 Å². The summed E-state index contributed by atoms with van der Waals surface area (Å²) >= 11 is 0. The average Bonchev–Trinajstić information content (AvgIpc) is 3.12. The third kappa shape index (κ3) is 4.19. The van der Waals surface area contributed by atoms with Crippen molar-refractivity contribution in [2.45, 2.75) is 19.6 Å². The molecule has 160 valence electrons. The number of carbonyl (C=O) groups excluding carboxylic acids is 2. The van der Waals surface area contributed by atoms with Crippen molar-refractivity contribution in [3.8, 4) is 0 Å². The second-order valence-corrected chi connectivity index (χ2v) is 7.08. The summed E-state index contributed by atoms with van der Waals surface area (Å²) in [4.78, 5) is 26.8. The predicted molar refractivity (Wildman–Crippen MR) is 101 cm³/mol. The van der Waals surface area contributed by atoms with Gasteiger partial charge in [-0.15, -0.1) is 0 Å². The van der Waals surface area contributed by atoms with Crippen LogP contribution in [0, 0.1) is 11.6 Å². The maximum atomic E-state index is 13.8. The Morgan fingerprint density at radius 1 is 1.13 bits per heavy atom. The number of amides is 2. The number of fused-ring (bicyclic) bond motifs is 1. The van der Waals surface area contributed by atoms with Gasteiger partial charge in [0.15, 0.2) is 5.69 Å². The molecule has 0 unspecified atom stereocenters. The Labute approximate surface area is 171 Å². The molecule has 0 atom stereocenters. The molecule has 0 radical (unpaired) electrons. The van der Waals surface area contributed by atoms with Gasteiger partial charge in [-0.2, -0.15) is 5.10 Å². The Balaban J connectivity index is 1.45. The van der Waals surface area contributed by atoms with E-state index in [1.54, 1.807) is 9.58 Å². The number of nitrogens with zero attached hydrogens (tertiary/aromatic N) is 3. The topological polar surface area (TPSA) is 85.7 Å². The molecule has 2 amide bonds. The lowest BCUT2D eigenvalue weighted by Gasteiger charge is -2.26. The van der Waals surface area contributed by atoms with Crippen molar-refractivity contribution in [3.05, 3.63) is 52.3 Å². The Morgan fingerprint density at radius 3 is 2.70 bits per heavy atom. The van der Waals surface area contributed by atoms with Crippen molar-refractivity contribution >= 4 is 11.8 Å². The van der Waals surface area contributed by atoms with Crippen LogP contribution in [0.15, 0.2) is 18.2 Å². The van der Waals surface area contributed by atoms with Crippen LogP contribution in [0.3, 0.4) is 0 Å². The number of hydrogen-bond acceptors (Lipinski definition) is 5. The predicted octanol–water partition coefficient (Wildman–Crippen LogP) is 1.14. The third-order valence-electron chi connectivity index (χ3n) is 5.18. The summed E-state index contributed by atoms with van der Waals surface area (Å²) in [5.74, 6) is -2.45. The number of carbonyl (C=O) groups is 2. The minimum Gasteiger partial charge on any atom is -0.378 e. The van der Waals surface area contributed by atoms with Gasteiger partial charge in [-0.25, -0.2) is 8.78 Å². The first-order chi connectivity index (χ1) is 14.5. The first-order valence-electron chi connectivity index (χ1n) is 9.81. The van der Waals surface area contributed by atoms with E-state index < -0.39 is 17.5 Å². The number of hydrogen-bond donors (Lipinski definition) is 1. The van der Waals surface area contributed by atoms with Gasteiger partial charge in [-0.1, -0.05) is 0 Å². The highest BCUT2D eigenvalue weighted by molar-refractivity contribution is 5.94. The molecule has 1 N–H and O–H groups in total. The molecule has 2 aromatic rings. The fourth-order valence-electron chi connectivity index (χ4n) is 3.63. The maximum Gasteiger partial charge on any atom is 0.274 e. The highest BCUT2D eigenvalue weighted by Crippen LogP contribution is 2.22. The maximum absolute atomic E-state index is 13.8. The van der Waals surface area contributed by atoms with Gasteiger partial charge in [0, 0.05) is 43.4 Å². The van der Waals surface area contributed by atoms with E-state index in [1.807, 2.05) is 0 Å². The van der Waals surface area contributed by atoms with Crippen molar-refractivity contribution < 1.29 is 27.8 Å². The summed E-state index contributed by atoms with van der Waals surface area (Å²) in [7, 11) is 0. The van der Waals surface area contributed by atoms with E-state index >= 15 is 0 Å². The Hall–Kier alpha value is -2.85. The van der Waals surface area contributed by atoms with Crippen LogP contribution in [0.5, 0.6) is 0 Å². The molecule has 2 aliphatic heterocycles. The van der Waals surface area contributed by atoms with Gasteiger partial charge in [0.05, 0.1) is 38.5 Å². The molecule has 2 aliphatic rings. The molecule has 0 saturated carbocycles. The summed E-state index contributed by atoms with van der Waals surface area (Å²) in [6.07, 6.45) is 0.610. The smallest absolute Gasteiger partial charge is 0.274 e. The van der Waals surface area contributed by atoms with Crippen LogP contribution in [-0.2, 0) is 29.0 Å². The van der Waals surface area contributed by atoms with Gasteiger partial charge in [-0.05, 0) is 12.1 Å². The van der Waals surface area contributed by atoms with Gasteiger partial charge >= 0.3 is 0 Å². The highest BCUT2D eigenvalue weighted by Gasteiger charge is 2.29. The fourth-order valence-corrected chi connectivity index (χ4v) is 3.63. The molecule has 1 aromatic heterocycles. The zero-order valence-corrected chi connectivity index (χ0v) is 16.3. The lowest BCUT2D eigenvalue weighted by Crippen LogP contribution is -2.41. The molecule has 1 aromatic carbocycles. The number of halogens is 2. The normalized spacial score (nSPS) is 16.3. The van der Waals surface area contributed by atoms with E-state index in [9.17, 15) is 18.4 Å². The van der Waals surface area contributed by atoms with E-state index in [0.717, 1.165) is 23.4 Å². The number of benzene rings is 1. The second kappa shape index (κ2) is 8.88. The SMILES string of the molecule is O=C(NCCn1nc(C(=O)N2CCOCC2)c2c1CCOC2)c1ccc(F)cc1F. The summed E-state index contributed by atoms with van der Waals surface area (Å²) in [6, 6.07) is 2.81. The molecule has 30 heavy (non-hydrogen) atoms. The molecule has 8 nitrogen and oxygen atoms in total. The number of nitrogens with one attached hydrogen (secondary N) is 1. The van der Waals surface area contributed by atoms with E-state index in [0.29, 0.717) is 64.2 Å². The molecule has 4 rings (SSSR count). The Bertz CT molecular complexity index is 957. The monoisotopic (exact) mass is 420 g/mol. The van der Waals surface area contributed by atoms with Crippen molar-refractivity contribution in [1.29, 1.82) is 0 Å². The fraction of sp³-hybridized carbons (Fsp3) is 0.450. The van der Waals surface area contributed by atoms with Gasteiger partial charge in [0.1, 0.15) is 11.6 Å². The van der Waals surface area contributed by atoms with Crippen LogP contribution in [0.1, 0.15) is 32.1 Å². The van der Waals surface area contributed by atoms with Crippen LogP contribution in [0.25, 0.3) is 0 Å². The van der Waals surface area contributed by atoms with Crippen molar-refractivity contribution in [2.75, 3.05) is 39.5 Å². The third-order valence-corrected chi connectivity index (χ3v) is 5.18. The summed E-state index contributed by atoms with van der Waals surface area (Å²) in [5.41, 5.74) is 1.81. The van der Waals surface area contributed by atoms with Gasteiger partial charge in [-0.3, -0.25) is 14.3 Å². The Kier molecular flexibility index (Phi) is 6.05. The first-order valence-corrected chi connectivity index (χ1v) is 9.81. The average molecular weight is 420 g/mol. The molecule has 0 aliphatic carbocycles. The number of aromatic nitrogens is 2. The first kappa shape index (κ1) is 20.4. The lowest BCUT2D eigenvalue weighted by molar-refractivity contribution is 0.0294. The second-order valence-electron chi connectivity index (χ2n) is 7.08. The van der Waals surface area contributed by atoms with Crippen LogP contribution < -0.4 is 5.32 Å². The summed E-state index contributed by atoms with van der Waals surface area (Å²) in [6.45, 7) is 3.35. The molecule has 1 fully saturated rings. The van der Waals surface area contributed by atoms with Crippen molar-refractivity contribution in [3.63, 3.8) is 0 Å². The van der Waals surface area contributed by atoms with Crippen LogP contribution in [0.4, 0.5) is 8.78 Å². The molecule has 1 saturated heterocycles. The molecule has 0 bridgehead atoms. The zero-order chi connectivity index (χ0) is 21.1. The van der Waals surface area contributed by atoms with Crippen molar-refractivity contribution in [2.24, 2.45) is 0 Å². The van der Waals surface area contributed by atoms with E-state index in [1.165, 1.54) is 0 Å². The van der Waals surface area contributed by atoms with E-state index in [4.69, 9.17) is 9.47 Å².